The molecule has 1 fully saturated rings. The van der Waals surface area contributed by atoms with Crippen LogP contribution in [0.3, 0.4) is 0 Å². The number of hydrogen-bond acceptors (Lipinski definition) is 6. The molecule has 0 spiro atoms. The molecule has 1 aliphatic rings. The zero-order valence-corrected chi connectivity index (χ0v) is 17.1. The van der Waals surface area contributed by atoms with Crippen molar-refractivity contribution in [2.24, 2.45) is 0 Å². The van der Waals surface area contributed by atoms with E-state index in [1.54, 1.807) is 0 Å². The Morgan fingerprint density at radius 1 is 1.19 bits per heavy atom. The van der Waals surface area contributed by atoms with Crippen molar-refractivity contribution in [3.63, 3.8) is 0 Å². The van der Waals surface area contributed by atoms with Crippen LogP contribution in [-0.2, 0) is 20.8 Å². The molecule has 13 heteroatoms. The quantitative estimate of drug-likeness (QED) is 0.567. The highest BCUT2D eigenvalue weighted by molar-refractivity contribution is 7.80. The van der Waals surface area contributed by atoms with Crippen LogP contribution in [0.1, 0.15) is 17.3 Å². The number of carbonyl (C=O) groups excluding carboxylic acids is 2. The van der Waals surface area contributed by atoms with Crippen LogP contribution in [0.25, 0.3) is 0 Å². The summed E-state index contributed by atoms with van der Waals surface area (Å²) in [5.41, 5.74) is -1.19. The van der Waals surface area contributed by atoms with Crippen LogP contribution < -0.4 is 15.0 Å². The molecule has 1 unspecified atom stereocenters. The average molecular weight is 455 g/mol. The minimum Gasteiger partial charge on any atom is -0.379 e. The van der Waals surface area contributed by atoms with Gasteiger partial charge in [0.15, 0.2) is 5.82 Å². The highest BCUT2D eigenvalue weighted by Crippen LogP contribution is 2.31. The summed E-state index contributed by atoms with van der Waals surface area (Å²) in [6.07, 6.45) is 1.13. The van der Waals surface area contributed by atoms with E-state index >= 15 is 4.39 Å². The van der Waals surface area contributed by atoms with Gasteiger partial charge in [0.05, 0.1) is 18.8 Å². The van der Waals surface area contributed by atoms with E-state index in [0.717, 1.165) is 22.7 Å². The van der Waals surface area contributed by atoms with E-state index in [4.69, 9.17) is 4.74 Å². The fourth-order valence-electron chi connectivity index (χ4n) is 2.84. The second-order valence-electron chi connectivity index (χ2n) is 6.39. The van der Waals surface area contributed by atoms with Crippen molar-refractivity contribution in [3.05, 3.63) is 47.7 Å². The SMILES string of the molecule is CC(=O)Nc1ccc(C(=O)Nc2c(F)ccc(N(N3CCOCC3)S(=O)O)c2F)cn1. The molecule has 3 rings (SSSR count). The number of pyridine rings is 1. The van der Waals surface area contributed by atoms with Crippen molar-refractivity contribution < 1.29 is 31.9 Å². The van der Waals surface area contributed by atoms with E-state index in [-0.39, 0.29) is 43.6 Å². The van der Waals surface area contributed by atoms with Crippen molar-refractivity contribution in [2.75, 3.05) is 41.4 Å². The van der Waals surface area contributed by atoms with Crippen molar-refractivity contribution in [1.82, 2.24) is 9.99 Å². The van der Waals surface area contributed by atoms with Gasteiger partial charge in [0.25, 0.3) is 17.2 Å². The van der Waals surface area contributed by atoms with E-state index in [0.29, 0.717) is 0 Å². The van der Waals surface area contributed by atoms with Crippen molar-refractivity contribution in [1.29, 1.82) is 0 Å². The number of hydrogen-bond donors (Lipinski definition) is 3. The molecule has 166 valence electrons. The molecule has 0 bridgehead atoms. The first-order chi connectivity index (χ1) is 14.8. The Labute approximate surface area is 178 Å². The van der Waals surface area contributed by atoms with Crippen molar-refractivity contribution in [3.8, 4) is 0 Å². The van der Waals surface area contributed by atoms with Gasteiger partial charge in [-0.2, -0.15) is 4.41 Å². The van der Waals surface area contributed by atoms with Crippen LogP contribution in [0, 0.1) is 11.6 Å². The Hall–Kier alpha value is -3.00. The van der Waals surface area contributed by atoms with Crippen LogP contribution in [0.4, 0.5) is 26.0 Å². The Morgan fingerprint density at radius 2 is 1.90 bits per heavy atom. The molecule has 31 heavy (non-hydrogen) atoms. The molecule has 10 nitrogen and oxygen atoms in total. The molecule has 0 aliphatic carbocycles. The molecule has 0 radical (unpaired) electrons. The lowest BCUT2D eigenvalue weighted by Crippen LogP contribution is -2.50. The van der Waals surface area contributed by atoms with E-state index in [9.17, 15) is 22.7 Å². The summed E-state index contributed by atoms with van der Waals surface area (Å²) in [4.78, 5) is 27.4. The Morgan fingerprint density at radius 3 is 2.48 bits per heavy atom. The normalized spacial score (nSPS) is 15.2. The van der Waals surface area contributed by atoms with Crippen molar-refractivity contribution in [2.45, 2.75) is 6.92 Å². The third kappa shape index (κ3) is 5.38. The van der Waals surface area contributed by atoms with Crippen molar-refractivity contribution >= 4 is 40.3 Å². The lowest BCUT2D eigenvalue weighted by atomic mass is 10.2. The maximum absolute atomic E-state index is 15.1. The number of aromatic nitrogens is 1. The summed E-state index contributed by atoms with van der Waals surface area (Å²) in [7, 11) is 0. The summed E-state index contributed by atoms with van der Waals surface area (Å²) in [6, 6.07) is 4.56. The third-order valence-corrected chi connectivity index (χ3v) is 4.96. The van der Waals surface area contributed by atoms with E-state index in [1.807, 2.05) is 0 Å². The molecule has 2 heterocycles. The maximum atomic E-state index is 15.1. The summed E-state index contributed by atoms with van der Waals surface area (Å²) < 4.78 is 56.9. The standard InChI is InChI=1S/C18H19F2N5O5S/c1-11(26)22-15-5-2-12(10-21-15)18(27)23-17-13(19)3-4-14(16(17)20)25(31(28)29)24-6-8-30-9-7-24/h2-5,10H,6-9H2,1H3,(H,23,27)(H,28,29)(H,21,22,26). The smallest absolute Gasteiger partial charge is 0.277 e. The van der Waals surface area contributed by atoms with Crippen LogP contribution in [-0.4, -0.2) is 56.9 Å². The zero-order valence-electron chi connectivity index (χ0n) is 16.3. The number of ether oxygens (including phenoxy) is 1. The Bertz CT molecular complexity index is 1000. The van der Waals surface area contributed by atoms with Gasteiger partial charge < -0.3 is 15.4 Å². The van der Waals surface area contributed by atoms with Gasteiger partial charge >= 0.3 is 0 Å². The third-order valence-electron chi connectivity index (χ3n) is 4.24. The second kappa shape index (κ2) is 9.87. The Balaban J connectivity index is 1.87. The number of amides is 2. The van der Waals surface area contributed by atoms with E-state index in [1.165, 1.54) is 24.1 Å². The number of carbonyl (C=O) groups is 2. The first-order valence-corrected chi connectivity index (χ1v) is 10.1. The number of benzene rings is 1. The molecular weight excluding hydrogens is 436 g/mol. The van der Waals surface area contributed by atoms with E-state index < -0.39 is 40.2 Å². The number of hydrazine groups is 1. The highest BCUT2D eigenvalue weighted by Gasteiger charge is 2.29. The topological polar surface area (TPSA) is 124 Å². The van der Waals surface area contributed by atoms with Crippen LogP contribution in [0.15, 0.2) is 30.5 Å². The highest BCUT2D eigenvalue weighted by atomic mass is 32.2. The van der Waals surface area contributed by atoms with E-state index in [2.05, 4.69) is 15.6 Å². The van der Waals surface area contributed by atoms with Gasteiger partial charge in [0.1, 0.15) is 23.0 Å². The summed E-state index contributed by atoms with van der Waals surface area (Å²) >= 11 is -2.65. The van der Waals surface area contributed by atoms with Gasteiger partial charge in [0.2, 0.25) is 5.91 Å². The maximum Gasteiger partial charge on any atom is 0.277 e. The van der Waals surface area contributed by atoms with Crippen LogP contribution >= 0.6 is 0 Å². The van der Waals surface area contributed by atoms with Gasteiger partial charge in [-0.05, 0) is 24.3 Å². The number of nitrogens with zero attached hydrogens (tertiary/aromatic N) is 3. The Kier molecular flexibility index (Phi) is 7.22. The van der Waals surface area contributed by atoms with Gasteiger partial charge in [0, 0.05) is 26.2 Å². The van der Waals surface area contributed by atoms with Gasteiger partial charge in [-0.25, -0.2) is 23.0 Å². The molecular formula is C18H19F2N5O5S. The predicted octanol–water partition coefficient (Wildman–Crippen LogP) is 1.76. The number of halogens is 2. The first-order valence-electron chi connectivity index (χ1n) is 9.04. The predicted molar refractivity (Wildman–Crippen MR) is 108 cm³/mol. The largest absolute Gasteiger partial charge is 0.379 e. The molecule has 2 amide bonds. The average Bonchev–Trinajstić information content (AvgIpc) is 2.73. The van der Waals surface area contributed by atoms with Gasteiger partial charge in [-0.3, -0.25) is 14.1 Å². The summed E-state index contributed by atoms with van der Waals surface area (Å²) in [6.45, 7) is 2.26. The summed E-state index contributed by atoms with van der Waals surface area (Å²) in [5.74, 6) is -3.29. The first kappa shape index (κ1) is 22.7. The van der Waals surface area contributed by atoms with Gasteiger partial charge in [-0.15, -0.1) is 0 Å². The molecule has 2 aromatic rings. The fourth-order valence-corrected chi connectivity index (χ4v) is 3.51. The molecule has 0 saturated carbocycles. The van der Waals surface area contributed by atoms with Crippen LogP contribution in [0.2, 0.25) is 0 Å². The summed E-state index contributed by atoms with van der Waals surface area (Å²) in [5, 5.41) is 5.95. The lowest BCUT2D eigenvalue weighted by Gasteiger charge is -2.35. The second-order valence-corrected chi connectivity index (χ2v) is 7.20. The minimum absolute atomic E-state index is 0.0194. The molecule has 3 N–H and O–H groups in total. The molecule has 1 aromatic heterocycles. The monoisotopic (exact) mass is 455 g/mol. The molecule has 1 aliphatic heterocycles. The van der Waals surface area contributed by atoms with Crippen LogP contribution in [0.5, 0.6) is 0 Å². The number of rotatable bonds is 6. The number of morpholine rings is 1. The fraction of sp³-hybridized carbons (Fsp3) is 0.278. The van der Waals surface area contributed by atoms with Gasteiger partial charge in [-0.1, -0.05) is 0 Å². The molecule has 1 atom stereocenters. The molecule has 1 aromatic carbocycles. The number of nitrogens with one attached hydrogen (secondary N) is 2. The lowest BCUT2D eigenvalue weighted by molar-refractivity contribution is -0.114. The minimum atomic E-state index is -2.65. The zero-order chi connectivity index (χ0) is 22.5. The molecule has 1 saturated heterocycles. The number of anilines is 3.